The molecule has 21 heavy (non-hydrogen) atoms. The molecule has 1 aliphatic rings. The number of aliphatic hydroxyl groups is 1. The predicted octanol–water partition coefficient (Wildman–Crippen LogP) is 1.26. The molecule has 7 nitrogen and oxygen atoms in total. The van der Waals surface area contributed by atoms with E-state index in [0.29, 0.717) is 18.4 Å². The van der Waals surface area contributed by atoms with E-state index in [-0.39, 0.29) is 11.9 Å². The molecule has 1 aromatic heterocycles. The first kappa shape index (κ1) is 15.8. The van der Waals surface area contributed by atoms with Crippen molar-refractivity contribution < 1.29 is 5.11 Å². The molecular formula is C14H26N6O. The van der Waals surface area contributed by atoms with E-state index in [1.54, 1.807) is 0 Å². The van der Waals surface area contributed by atoms with Crippen molar-refractivity contribution in [3.05, 3.63) is 0 Å². The van der Waals surface area contributed by atoms with E-state index < -0.39 is 6.10 Å². The SMILES string of the molecule is CCC(CC)C(O)CNc1nc(N)nc(N2CCCC2)n1. The maximum absolute atomic E-state index is 10.1. The second kappa shape index (κ2) is 7.40. The first-order chi connectivity index (χ1) is 10.1. The van der Waals surface area contributed by atoms with Crippen LogP contribution in [0.2, 0.25) is 0 Å². The zero-order valence-electron chi connectivity index (χ0n) is 12.9. The Kier molecular flexibility index (Phi) is 5.55. The van der Waals surface area contributed by atoms with Gasteiger partial charge < -0.3 is 21.1 Å². The molecule has 1 saturated heterocycles. The molecule has 0 aliphatic carbocycles. The zero-order chi connectivity index (χ0) is 15.2. The van der Waals surface area contributed by atoms with Crippen LogP contribution in [0.25, 0.3) is 0 Å². The van der Waals surface area contributed by atoms with Crippen molar-refractivity contribution in [1.82, 2.24) is 15.0 Å². The molecule has 0 spiro atoms. The van der Waals surface area contributed by atoms with Crippen LogP contribution in [-0.4, -0.2) is 45.8 Å². The van der Waals surface area contributed by atoms with Crippen LogP contribution in [0.3, 0.4) is 0 Å². The minimum absolute atomic E-state index is 0.214. The molecule has 7 heteroatoms. The van der Waals surface area contributed by atoms with Crippen LogP contribution in [-0.2, 0) is 0 Å². The summed E-state index contributed by atoms with van der Waals surface area (Å²) in [6.45, 7) is 6.52. The number of hydrogen-bond acceptors (Lipinski definition) is 7. The Labute approximate surface area is 126 Å². The fraction of sp³-hybridized carbons (Fsp3) is 0.786. The van der Waals surface area contributed by atoms with E-state index in [1.165, 1.54) is 0 Å². The standard InChI is InChI=1S/C14H26N6O/c1-3-10(4-2)11(21)9-16-13-17-12(15)18-14(19-13)20-7-5-6-8-20/h10-11,21H,3-9H2,1-2H3,(H3,15,16,17,18,19). The molecule has 1 fully saturated rings. The summed E-state index contributed by atoms with van der Waals surface area (Å²) in [5.74, 6) is 1.56. The van der Waals surface area contributed by atoms with E-state index in [9.17, 15) is 5.11 Å². The maximum Gasteiger partial charge on any atom is 0.231 e. The minimum Gasteiger partial charge on any atom is -0.391 e. The van der Waals surface area contributed by atoms with Crippen molar-refractivity contribution >= 4 is 17.8 Å². The summed E-state index contributed by atoms with van der Waals surface area (Å²) in [7, 11) is 0. The summed E-state index contributed by atoms with van der Waals surface area (Å²) in [4.78, 5) is 14.8. The Hall–Kier alpha value is -1.63. The molecule has 1 atom stereocenters. The zero-order valence-corrected chi connectivity index (χ0v) is 12.9. The van der Waals surface area contributed by atoms with Crippen molar-refractivity contribution in [2.75, 3.05) is 35.6 Å². The summed E-state index contributed by atoms with van der Waals surface area (Å²) in [6.07, 6.45) is 3.81. The Morgan fingerprint density at radius 1 is 1.19 bits per heavy atom. The third kappa shape index (κ3) is 4.17. The van der Waals surface area contributed by atoms with E-state index in [1.807, 2.05) is 0 Å². The van der Waals surface area contributed by atoms with Gasteiger partial charge in [-0.1, -0.05) is 26.7 Å². The van der Waals surface area contributed by atoms with Crippen molar-refractivity contribution in [3.63, 3.8) is 0 Å². The Bertz CT molecular complexity index is 445. The second-order valence-corrected chi connectivity index (χ2v) is 5.54. The fourth-order valence-corrected chi connectivity index (χ4v) is 2.71. The second-order valence-electron chi connectivity index (χ2n) is 5.54. The highest BCUT2D eigenvalue weighted by atomic mass is 16.3. The van der Waals surface area contributed by atoms with Crippen LogP contribution in [0.15, 0.2) is 0 Å². The number of hydrogen-bond donors (Lipinski definition) is 3. The topological polar surface area (TPSA) is 100 Å². The summed E-state index contributed by atoms with van der Waals surface area (Å²) < 4.78 is 0. The highest BCUT2D eigenvalue weighted by Crippen LogP contribution is 2.18. The number of nitrogens with zero attached hydrogens (tertiary/aromatic N) is 4. The fourth-order valence-electron chi connectivity index (χ4n) is 2.71. The number of aliphatic hydroxyl groups excluding tert-OH is 1. The van der Waals surface area contributed by atoms with Gasteiger partial charge in [0.15, 0.2) is 0 Å². The van der Waals surface area contributed by atoms with Gasteiger partial charge in [0, 0.05) is 19.6 Å². The highest BCUT2D eigenvalue weighted by Gasteiger charge is 2.18. The van der Waals surface area contributed by atoms with Gasteiger partial charge >= 0.3 is 0 Å². The van der Waals surface area contributed by atoms with Crippen LogP contribution in [0.4, 0.5) is 17.8 Å². The molecule has 0 saturated carbocycles. The van der Waals surface area contributed by atoms with Gasteiger partial charge in [-0.3, -0.25) is 0 Å². The van der Waals surface area contributed by atoms with Crippen molar-refractivity contribution in [2.24, 2.45) is 5.92 Å². The third-order valence-electron chi connectivity index (χ3n) is 4.09. The van der Waals surface area contributed by atoms with Gasteiger partial charge in [0.1, 0.15) is 0 Å². The van der Waals surface area contributed by atoms with Crippen molar-refractivity contribution in [1.29, 1.82) is 0 Å². The largest absolute Gasteiger partial charge is 0.391 e. The van der Waals surface area contributed by atoms with Gasteiger partial charge in [0.25, 0.3) is 0 Å². The molecule has 118 valence electrons. The summed E-state index contributed by atoms with van der Waals surface area (Å²) in [5, 5.41) is 13.2. The van der Waals surface area contributed by atoms with E-state index in [0.717, 1.165) is 38.8 Å². The summed E-state index contributed by atoms with van der Waals surface area (Å²) in [5.41, 5.74) is 5.75. The molecule has 0 bridgehead atoms. The number of aromatic nitrogens is 3. The quantitative estimate of drug-likeness (QED) is 0.696. The lowest BCUT2D eigenvalue weighted by atomic mass is 9.97. The lowest BCUT2D eigenvalue weighted by Crippen LogP contribution is -2.29. The molecule has 0 amide bonds. The van der Waals surface area contributed by atoms with Gasteiger partial charge in [0.2, 0.25) is 17.8 Å². The average Bonchev–Trinajstić information content (AvgIpc) is 3.00. The normalized spacial score (nSPS) is 16.5. The first-order valence-electron chi connectivity index (χ1n) is 7.82. The third-order valence-corrected chi connectivity index (χ3v) is 4.09. The van der Waals surface area contributed by atoms with E-state index in [2.05, 4.69) is 39.0 Å². The van der Waals surface area contributed by atoms with Gasteiger partial charge in [-0.2, -0.15) is 15.0 Å². The van der Waals surface area contributed by atoms with Gasteiger partial charge in [0.05, 0.1) is 6.10 Å². The molecule has 2 heterocycles. The molecular weight excluding hydrogens is 268 g/mol. The lowest BCUT2D eigenvalue weighted by Gasteiger charge is -2.21. The van der Waals surface area contributed by atoms with Gasteiger partial charge in [-0.25, -0.2) is 0 Å². The molecule has 0 radical (unpaired) electrons. The number of nitrogens with one attached hydrogen (secondary N) is 1. The smallest absolute Gasteiger partial charge is 0.231 e. The Morgan fingerprint density at radius 3 is 2.48 bits per heavy atom. The highest BCUT2D eigenvalue weighted by molar-refractivity contribution is 5.42. The number of rotatable bonds is 7. The van der Waals surface area contributed by atoms with Gasteiger partial charge in [-0.15, -0.1) is 0 Å². The summed E-state index contributed by atoms with van der Waals surface area (Å²) >= 11 is 0. The molecule has 0 aromatic carbocycles. The van der Waals surface area contributed by atoms with Gasteiger partial charge in [-0.05, 0) is 18.8 Å². The molecule has 2 rings (SSSR count). The molecule has 4 N–H and O–H groups in total. The summed E-state index contributed by atoms with van der Waals surface area (Å²) in [6, 6.07) is 0. The van der Waals surface area contributed by atoms with Crippen LogP contribution < -0.4 is 16.0 Å². The van der Waals surface area contributed by atoms with Crippen LogP contribution >= 0.6 is 0 Å². The Balaban J connectivity index is 1.99. The first-order valence-corrected chi connectivity index (χ1v) is 7.82. The molecule has 1 aliphatic heterocycles. The number of nitrogens with two attached hydrogens (primary N) is 1. The van der Waals surface area contributed by atoms with Crippen LogP contribution in [0.5, 0.6) is 0 Å². The Morgan fingerprint density at radius 2 is 1.86 bits per heavy atom. The molecule has 1 unspecified atom stereocenters. The number of nitrogen functional groups attached to an aromatic ring is 1. The van der Waals surface area contributed by atoms with Crippen LogP contribution in [0.1, 0.15) is 39.5 Å². The van der Waals surface area contributed by atoms with E-state index in [4.69, 9.17) is 5.73 Å². The molecule has 1 aromatic rings. The van der Waals surface area contributed by atoms with Crippen LogP contribution in [0, 0.1) is 5.92 Å². The lowest BCUT2D eigenvalue weighted by molar-refractivity contribution is 0.114. The number of anilines is 3. The minimum atomic E-state index is -0.409. The predicted molar refractivity (Wildman–Crippen MR) is 84.3 cm³/mol. The van der Waals surface area contributed by atoms with Crippen molar-refractivity contribution in [3.8, 4) is 0 Å². The van der Waals surface area contributed by atoms with Crippen molar-refractivity contribution in [2.45, 2.75) is 45.6 Å². The monoisotopic (exact) mass is 294 g/mol. The average molecular weight is 294 g/mol. The maximum atomic E-state index is 10.1. The van der Waals surface area contributed by atoms with E-state index >= 15 is 0 Å².